The number of carbonyl (C=O) groups excluding carboxylic acids is 1. The molecule has 2 N–H and O–H groups in total. The van der Waals surface area contributed by atoms with Gasteiger partial charge in [-0.2, -0.15) is 0 Å². The van der Waals surface area contributed by atoms with E-state index < -0.39 is 0 Å². The van der Waals surface area contributed by atoms with Crippen molar-refractivity contribution in [2.75, 3.05) is 13.2 Å². The zero-order valence-corrected chi connectivity index (χ0v) is 7.97. The van der Waals surface area contributed by atoms with Crippen LogP contribution >= 0.6 is 0 Å². The average molecular weight is 173 g/mol. The SMILES string of the molecule is CCCCC(C)C(=O)NCCO. The number of hydrogen-bond donors (Lipinski definition) is 2. The number of rotatable bonds is 6. The lowest BCUT2D eigenvalue weighted by Gasteiger charge is -2.10. The molecule has 3 heteroatoms. The molecule has 0 saturated carbocycles. The van der Waals surface area contributed by atoms with E-state index in [1.807, 2.05) is 6.92 Å². The third kappa shape index (κ3) is 5.13. The predicted octanol–water partition coefficient (Wildman–Crippen LogP) is 0.921. The van der Waals surface area contributed by atoms with Crippen LogP contribution in [0.4, 0.5) is 0 Å². The zero-order valence-electron chi connectivity index (χ0n) is 7.97. The van der Waals surface area contributed by atoms with Crippen molar-refractivity contribution in [3.63, 3.8) is 0 Å². The van der Waals surface area contributed by atoms with E-state index in [2.05, 4.69) is 12.2 Å². The lowest BCUT2D eigenvalue weighted by atomic mass is 10.0. The number of hydrogen-bond acceptors (Lipinski definition) is 2. The summed E-state index contributed by atoms with van der Waals surface area (Å²) in [4.78, 5) is 11.2. The molecule has 0 aliphatic carbocycles. The molecule has 1 amide bonds. The summed E-state index contributed by atoms with van der Waals surface area (Å²) in [6.45, 7) is 4.42. The third-order valence-corrected chi connectivity index (χ3v) is 1.85. The Bertz CT molecular complexity index is 126. The van der Waals surface area contributed by atoms with E-state index in [0.29, 0.717) is 6.54 Å². The Labute approximate surface area is 74.2 Å². The highest BCUT2D eigenvalue weighted by molar-refractivity contribution is 5.78. The molecule has 0 bridgehead atoms. The smallest absolute Gasteiger partial charge is 0.222 e. The van der Waals surface area contributed by atoms with Crippen LogP contribution in [0, 0.1) is 5.92 Å². The monoisotopic (exact) mass is 173 g/mol. The Morgan fingerprint density at radius 3 is 2.75 bits per heavy atom. The molecule has 0 rings (SSSR count). The fourth-order valence-corrected chi connectivity index (χ4v) is 0.995. The first-order valence-electron chi connectivity index (χ1n) is 4.61. The standard InChI is InChI=1S/C9H19NO2/c1-3-4-5-8(2)9(12)10-6-7-11/h8,11H,3-7H2,1-2H3,(H,10,12). The highest BCUT2D eigenvalue weighted by Gasteiger charge is 2.10. The van der Waals surface area contributed by atoms with Crippen molar-refractivity contribution in [2.45, 2.75) is 33.1 Å². The summed E-state index contributed by atoms with van der Waals surface area (Å²) in [5, 5.41) is 11.1. The van der Waals surface area contributed by atoms with Crippen molar-refractivity contribution in [2.24, 2.45) is 5.92 Å². The third-order valence-electron chi connectivity index (χ3n) is 1.85. The number of unbranched alkanes of at least 4 members (excludes halogenated alkanes) is 1. The number of nitrogens with one attached hydrogen (secondary N) is 1. The van der Waals surface area contributed by atoms with Gasteiger partial charge in [-0.05, 0) is 6.42 Å². The van der Waals surface area contributed by atoms with E-state index in [1.165, 1.54) is 0 Å². The molecule has 0 radical (unpaired) electrons. The van der Waals surface area contributed by atoms with Crippen LogP contribution in [0.25, 0.3) is 0 Å². The fourth-order valence-electron chi connectivity index (χ4n) is 0.995. The van der Waals surface area contributed by atoms with E-state index in [-0.39, 0.29) is 18.4 Å². The van der Waals surface area contributed by atoms with E-state index in [0.717, 1.165) is 19.3 Å². The van der Waals surface area contributed by atoms with Gasteiger partial charge in [-0.3, -0.25) is 4.79 Å². The van der Waals surface area contributed by atoms with Crippen LogP contribution in [-0.2, 0) is 4.79 Å². The van der Waals surface area contributed by atoms with E-state index in [1.54, 1.807) is 0 Å². The van der Waals surface area contributed by atoms with Crippen LogP contribution < -0.4 is 5.32 Å². The van der Waals surface area contributed by atoms with Crippen LogP contribution in [-0.4, -0.2) is 24.2 Å². The molecular weight excluding hydrogens is 154 g/mol. The summed E-state index contributed by atoms with van der Waals surface area (Å²) in [7, 11) is 0. The van der Waals surface area contributed by atoms with Gasteiger partial charge in [-0.25, -0.2) is 0 Å². The molecule has 0 aliphatic heterocycles. The second kappa shape index (κ2) is 7.10. The minimum atomic E-state index is 0.0201. The topological polar surface area (TPSA) is 49.3 Å². The maximum absolute atomic E-state index is 11.2. The van der Waals surface area contributed by atoms with E-state index in [4.69, 9.17) is 5.11 Å². The van der Waals surface area contributed by atoms with Crippen molar-refractivity contribution in [1.29, 1.82) is 0 Å². The number of aliphatic hydroxyl groups is 1. The highest BCUT2D eigenvalue weighted by Crippen LogP contribution is 2.06. The predicted molar refractivity (Wildman–Crippen MR) is 48.8 cm³/mol. The maximum atomic E-state index is 11.2. The fraction of sp³-hybridized carbons (Fsp3) is 0.889. The summed E-state index contributed by atoms with van der Waals surface area (Å²) >= 11 is 0. The molecule has 0 saturated heterocycles. The molecule has 12 heavy (non-hydrogen) atoms. The lowest BCUT2D eigenvalue weighted by molar-refractivity contribution is -0.124. The van der Waals surface area contributed by atoms with Gasteiger partial charge in [-0.15, -0.1) is 0 Å². The Morgan fingerprint density at radius 2 is 2.25 bits per heavy atom. The Kier molecular flexibility index (Phi) is 6.76. The van der Waals surface area contributed by atoms with Crippen molar-refractivity contribution >= 4 is 5.91 Å². The molecule has 0 aromatic heterocycles. The van der Waals surface area contributed by atoms with Crippen molar-refractivity contribution in [1.82, 2.24) is 5.32 Å². The van der Waals surface area contributed by atoms with Crippen molar-refractivity contribution in [3.05, 3.63) is 0 Å². The molecule has 0 aromatic carbocycles. The normalized spacial score (nSPS) is 12.6. The molecule has 0 aliphatic rings. The minimum absolute atomic E-state index is 0.0201. The van der Waals surface area contributed by atoms with Crippen LogP contribution in [0.5, 0.6) is 0 Å². The van der Waals surface area contributed by atoms with Crippen LogP contribution in [0.2, 0.25) is 0 Å². The maximum Gasteiger partial charge on any atom is 0.222 e. The molecule has 1 atom stereocenters. The van der Waals surface area contributed by atoms with E-state index in [9.17, 15) is 4.79 Å². The van der Waals surface area contributed by atoms with Crippen molar-refractivity contribution < 1.29 is 9.90 Å². The molecule has 0 fully saturated rings. The summed E-state index contributed by atoms with van der Waals surface area (Å²) in [6.07, 6.45) is 3.15. The van der Waals surface area contributed by atoms with Gasteiger partial charge in [0, 0.05) is 12.5 Å². The van der Waals surface area contributed by atoms with Crippen LogP contribution in [0.3, 0.4) is 0 Å². The summed E-state index contributed by atoms with van der Waals surface area (Å²) in [5.74, 6) is 0.133. The molecule has 0 heterocycles. The highest BCUT2D eigenvalue weighted by atomic mass is 16.3. The van der Waals surface area contributed by atoms with Gasteiger partial charge in [0.05, 0.1) is 6.61 Å². The van der Waals surface area contributed by atoms with Gasteiger partial charge < -0.3 is 10.4 Å². The first-order valence-corrected chi connectivity index (χ1v) is 4.61. The summed E-state index contributed by atoms with van der Waals surface area (Å²) in [5.41, 5.74) is 0. The van der Waals surface area contributed by atoms with Gasteiger partial charge in [-0.1, -0.05) is 26.7 Å². The van der Waals surface area contributed by atoms with Crippen LogP contribution in [0.15, 0.2) is 0 Å². The largest absolute Gasteiger partial charge is 0.395 e. The second-order valence-corrected chi connectivity index (χ2v) is 3.06. The van der Waals surface area contributed by atoms with Crippen LogP contribution in [0.1, 0.15) is 33.1 Å². The van der Waals surface area contributed by atoms with Gasteiger partial charge in [0.1, 0.15) is 0 Å². The minimum Gasteiger partial charge on any atom is -0.395 e. The number of amides is 1. The lowest BCUT2D eigenvalue weighted by Crippen LogP contribution is -2.31. The molecule has 0 aromatic rings. The Morgan fingerprint density at radius 1 is 1.58 bits per heavy atom. The number of carbonyl (C=O) groups is 1. The molecule has 0 spiro atoms. The average Bonchev–Trinajstić information content (AvgIpc) is 2.10. The number of aliphatic hydroxyl groups excluding tert-OH is 1. The van der Waals surface area contributed by atoms with Gasteiger partial charge in [0.15, 0.2) is 0 Å². The van der Waals surface area contributed by atoms with Gasteiger partial charge >= 0.3 is 0 Å². The summed E-state index contributed by atoms with van der Waals surface area (Å²) in [6, 6.07) is 0. The first kappa shape index (κ1) is 11.4. The molecule has 1 unspecified atom stereocenters. The second-order valence-electron chi connectivity index (χ2n) is 3.06. The first-order chi connectivity index (χ1) is 5.72. The zero-order chi connectivity index (χ0) is 9.40. The Balaban J connectivity index is 3.47. The van der Waals surface area contributed by atoms with Crippen molar-refractivity contribution in [3.8, 4) is 0 Å². The van der Waals surface area contributed by atoms with Gasteiger partial charge in [0.25, 0.3) is 0 Å². The molecular formula is C9H19NO2. The molecule has 3 nitrogen and oxygen atoms in total. The van der Waals surface area contributed by atoms with Gasteiger partial charge in [0.2, 0.25) is 5.91 Å². The molecule has 72 valence electrons. The summed E-state index contributed by atoms with van der Waals surface area (Å²) < 4.78 is 0. The Hall–Kier alpha value is -0.570. The van der Waals surface area contributed by atoms with E-state index >= 15 is 0 Å². The quantitative estimate of drug-likeness (QED) is 0.627.